The van der Waals surface area contributed by atoms with Gasteiger partial charge in [-0.25, -0.2) is 0 Å². The smallest absolute Gasteiger partial charge is 0.137 e. The van der Waals surface area contributed by atoms with Gasteiger partial charge in [0.25, 0.3) is 0 Å². The number of thiocarbonyl (C=S) groups is 1. The topological polar surface area (TPSA) is 29.3 Å². The number of benzene rings is 1. The van der Waals surface area contributed by atoms with Gasteiger partial charge in [-0.3, -0.25) is 0 Å². The Morgan fingerprint density at radius 1 is 1.38 bits per heavy atom. The van der Waals surface area contributed by atoms with Crippen molar-refractivity contribution in [1.29, 1.82) is 0 Å². The molecule has 70 valence electrons. The van der Waals surface area contributed by atoms with Gasteiger partial charge in [0.15, 0.2) is 0 Å². The van der Waals surface area contributed by atoms with Crippen LogP contribution in [0.25, 0.3) is 0 Å². The fraction of sp³-hybridized carbons (Fsp3) is 0.222. The highest BCUT2D eigenvalue weighted by molar-refractivity contribution is 8.11. The Bertz CT molecular complexity index is 274. The van der Waals surface area contributed by atoms with Crippen molar-refractivity contribution in [3.05, 3.63) is 30.3 Å². The minimum absolute atomic E-state index is 0.552. The number of hydrogen-bond acceptors (Lipinski definition) is 2. The Hall–Kier alpha value is -0.580. The van der Waals surface area contributed by atoms with Crippen molar-refractivity contribution in [3.8, 4) is 0 Å². The standard InChI is InChI=1S/C9H12N2S2/c10-6-7-11(9(12)13)8-4-2-1-3-5-8/h1-5H,6-7,10H2,(H,12,13). The Balaban J connectivity index is 2.82. The lowest BCUT2D eigenvalue weighted by atomic mass is 10.3. The van der Waals surface area contributed by atoms with Gasteiger partial charge < -0.3 is 10.6 Å². The Labute approximate surface area is 89.1 Å². The minimum Gasteiger partial charge on any atom is -0.329 e. The monoisotopic (exact) mass is 212 g/mol. The third-order valence-electron chi connectivity index (χ3n) is 1.65. The van der Waals surface area contributed by atoms with Crippen LogP contribution in [0.3, 0.4) is 0 Å². The second kappa shape index (κ2) is 5.21. The molecule has 0 atom stereocenters. The van der Waals surface area contributed by atoms with Gasteiger partial charge in [-0.1, -0.05) is 30.4 Å². The van der Waals surface area contributed by atoms with Gasteiger partial charge in [0.2, 0.25) is 0 Å². The molecule has 0 bridgehead atoms. The van der Waals surface area contributed by atoms with Gasteiger partial charge in [0.1, 0.15) is 4.32 Å². The normalized spacial score (nSPS) is 9.69. The van der Waals surface area contributed by atoms with Crippen molar-refractivity contribution in [2.24, 2.45) is 5.73 Å². The summed E-state index contributed by atoms with van der Waals surface area (Å²) in [6.07, 6.45) is 0. The average Bonchev–Trinajstić information content (AvgIpc) is 2.15. The maximum Gasteiger partial charge on any atom is 0.137 e. The first-order valence-electron chi connectivity index (χ1n) is 4.01. The summed E-state index contributed by atoms with van der Waals surface area (Å²) in [5.41, 5.74) is 6.50. The molecule has 0 unspecified atom stereocenters. The molecule has 4 heteroatoms. The van der Waals surface area contributed by atoms with Crippen LogP contribution in [-0.2, 0) is 0 Å². The molecule has 0 aliphatic heterocycles. The van der Waals surface area contributed by atoms with Crippen molar-refractivity contribution in [2.45, 2.75) is 0 Å². The molecule has 0 heterocycles. The van der Waals surface area contributed by atoms with E-state index >= 15 is 0 Å². The minimum atomic E-state index is 0.552. The van der Waals surface area contributed by atoms with Crippen LogP contribution in [0.5, 0.6) is 0 Å². The third-order valence-corrected chi connectivity index (χ3v) is 2.11. The first-order chi connectivity index (χ1) is 6.25. The van der Waals surface area contributed by atoms with Crippen molar-refractivity contribution >= 4 is 34.9 Å². The lowest BCUT2D eigenvalue weighted by Gasteiger charge is -2.21. The molecule has 0 aromatic heterocycles. The quantitative estimate of drug-likeness (QED) is 0.590. The van der Waals surface area contributed by atoms with Gasteiger partial charge in [0.05, 0.1) is 0 Å². The molecule has 1 aromatic rings. The van der Waals surface area contributed by atoms with Crippen LogP contribution in [0.15, 0.2) is 30.3 Å². The van der Waals surface area contributed by atoms with Crippen LogP contribution in [0.4, 0.5) is 5.69 Å². The van der Waals surface area contributed by atoms with E-state index in [9.17, 15) is 0 Å². The molecule has 2 nitrogen and oxygen atoms in total. The molecule has 1 aromatic carbocycles. The fourth-order valence-electron chi connectivity index (χ4n) is 1.07. The van der Waals surface area contributed by atoms with Gasteiger partial charge in [-0.05, 0) is 12.1 Å². The first kappa shape index (κ1) is 10.5. The van der Waals surface area contributed by atoms with E-state index in [1.807, 2.05) is 35.2 Å². The van der Waals surface area contributed by atoms with Gasteiger partial charge in [-0.2, -0.15) is 0 Å². The van der Waals surface area contributed by atoms with E-state index in [-0.39, 0.29) is 0 Å². The summed E-state index contributed by atoms with van der Waals surface area (Å²) in [6, 6.07) is 9.86. The SMILES string of the molecule is NCCN(C(=S)S)c1ccccc1. The molecule has 0 saturated carbocycles. The molecule has 0 fully saturated rings. The van der Waals surface area contributed by atoms with E-state index in [0.29, 0.717) is 17.4 Å². The first-order valence-corrected chi connectivity index (χ1v) is 4.87. The summed E-state index contributed by atoms with van der Waals surface area (Å²) in [5, 5.41) is 0. The zero-order chi connectivity index (χ0) is 9.68. The van der Waals surface area contributed by atoms with E-state index in [2.05, 4.69) is 12.6 Å². The Morgan fingerprint density at radius 2 is 2.00 bits per heavy atom. The van der Waals surface area contributed by atoms with Crippen molar-refractivity contribution in [2.75, 3.05) is 18.0 Å². The highest BCUT2D eigenvalue weighted by Crippen LogP contribution is 2.14. The summed E-state index contributed by atoms with van der Waals surface area (Å²) >= 11 is 9.14. The fourth-order valence-corrected chi connectivity index (χ4v) is 1.48. The van der Waals surface area contributed by atoms with Crippen LogP contribution in [-0.4, -0.2) is 17.4 Å². The number of para-hydroxylation sites is 1. The molecule has 0 spiro atoms. The molecule has 0 amide bonds. The summed E-state index contributed by atoms with van der Waals surface area (Å²) in [6.45, 7) is 1.27. The summed E-state index contributed by atoms with van der Waals surface area (Å²) < 4.78 is 0.552. The molecule has 13 heavy (non-hydrogen) atoms. The van der Waals surface area contributed by atoms with Crippen LogP contribution < -0.4 is 10.6 Å². The zero-order valence-electron chi connectivity index (χ0n) is 7.18. The van der Waals surface area contributed by atoms with E-state index < -0.39 is 0 Å². The summed E-state index contributed by atoms with van der Waals surface area (Å²) in [4.78, 5) is 1.90. The molecule has 0 radical (unpaired) electrons. The lowest BCUT2D eigenvalue weighted by Crippen LogP contribution is -2.31. The molecule has 0 aliphatic rings. The molecular formula is C9H12N2S2. The highest BCUT2D eigenvalue weighted by atomic mass is 32.1. The summed E-state index contributed by atoms with van der Waals surface area (Å²) in [7, 11) is 0. The average molecular weight is 212 g/mol. The molecule has 0 aliphatic carbocycles. The van der Waals surface area contributed by atoms with E-state index in [0.717, 1.165) is 5.69 Å². The second-order valence-electron chi connectivity index (χ2n) is 2.56. The second-order valence-corrected chi connectivity index (χ2v) is 3.67. The van der Waals surface area contributed by atoms with Gasteiger partial charge in [-0.15, -0.1) is 12.6 Å². The largest absolute Gasteiger partial charge is 0.329 e. The van der Waals surface area contributed by atoms with Crippen molar-refractivity contribution in [3.63, 3.8) is 0 Å². The van der Waals surface area contributed by atoms with Crippen molar-refractivity contribution < 1.29 is 0 Å². The maximum atomic E-state index is 5.47. The predicted octanol–water partition coefficient (Wildman–Crippen LogP) is 1.67. The van der Waals surface area contributed by atoms with Crippen LogP contribution in [0.2, 0.25) is 0 Å². The molecular weight excluding hydrogens is 200 g/mol. The lowest BCUT2D eigenvalue weighted by molar-refractivity contribution is 0.954. The zero-order valence-corrected chi connectivity index (χ0v) is 8.89. The molecule has 2 N–H and O–H groups in total. The van der Waals surface area contributed by atoms with Crippen LogP contribution in [0.1, 0.15) is 0 Å². The Morgan fingerprint density at radius 3 is 2.46 bits per heavy atom. The number of rotatable bonds is 3. The number of thiol groups is 1. The number of anilines is 1. The van der Waals surface area contributed by atoms with Gasteiger partial charge in [0, 0.05) is 18.8 Å². The van der Waals surface area contributed by atoms with Crippen molar-refractivity contribution in [1.82, 2.24) is 0 Å². The van der Waals surface area contributed by atoms with E-state index in [1.54, 1.807) is 0 Å². The Kier molecular flexibility index (Phi) is 4.21. The van der Waals surface area contributed by atoms with E-state index in [1.165, 1.54) is 0 Å². The molecule has 1 rings (SSSR count). The van der Waals surface area contributed by atoms with Crippen LogP contribution in [0, 0.1) is 0 Å². The molecule has 0 saturated heterocycles. The number of hydrogen-bond donors (Lipinski definition) is 2. The maximum absolute atomic E-state index is 5.47. The third kappa shape index (κ3) is 2.99. The predicted molar refractivity (Wildman–Crippen MR) is 64.4 cm³/mol. The number of nitrogens with two attached hydrogens (primary N) is 1. The van der Waals surface area contributed by atoms with Crippen LogP contribution >= 0.6 is 24.8 Å². The summed E-state index contributed by atoms with van der Waals surface area (Å²) in [5.74, 6) is 0. The highest BCUT2D eigenvalue weighted by Gasteiger charge is 2.06. The van der Waals surface area contributed by atoms with Gasteiger partial charge >= 0.3 is 0 Å². The number of nitrogens with zero attached hydrogens (tertiary/aromatic N) is 1. The van der Waals surface area contributed by atoms with E-state index in [4.69, 9.17) is 18.0 Å².